The Hall–Kier alpha value is -5.08. The van der Waals surface area contributed by atoms with E-state index >= 15 is 0 Å². The van der Waals surface area contributed by atoms with Crippen molar-refractivity contribution in [3.8, 4) is 0 Å². The Morgan fingerprint density at radius 3 is 2.13 bits per heavy atom. The summed E-state index contributed by atoms with van der Waals surface area (Å²) >= 11 is 0. The van der Waals surface area contributed by atoms with Gasteiger partial charge in [0.2, 0.25) is 17.7 Å². The van der Waals surface area contributed by atoms with E-state index in [1.54, 1.807) is 4.90 Å². The summed E-state index contributed by atoms with van der Waals surface area (Å²) in [4.78, 5) is 61.9. The minimum Gasteiger partial charge on any atom is -0.310 e. The van der Waals surface area contributed by atoms with Gasteiger partial charge in [-0.1, -0.05) is 97.1 Å². The molecule has 4 atom stereocenters. The van der Waals surface area contributed by atoms with Crippen molar-refractivity contribution in [3.05, 3.63) is 131 Å². The molecule has 4 aromatic rings. The molecule has 4 aliphatic heterocycles. The minimum absolute atomic E-state index is 0.145. The second-order valence-corrected chi connectivity index (χ2v) is 12.3. The highest BCUT2D eigenvalue weighted by molar-refractivity contribution is 6.18. The molecule has 8 rings (SSSR count). The highest BCUT2D eigenvalue weighted by Crippen LogP contribution is 2.55. The van der Waals surface area contributed by atoms with Crippen molar-refractivity contribution in [2.45, 2.75) is 31.0 Å². The Bertz CT molecular complexity index is 1840. The van der Waals surface area contributed by atoms with Crippen molar-refractivity contribution in [1.82, 2.24) is 10.2 Å². The first-order chi connectivity index (χ1) is 22.0. The first kappa shape index (κ1) is 27.5. The Morgan fingerprint density at radius 1 is 0.733 bits per heavy atom. The zero-order chi connectivity index (χ0) is 30.7. The van der Waals surface area contributed by atoms with Gasteiger partial charge in [0, 0.05) is 29.5 Å². The molecule has 1 N–H and O–H groups in total. The second-order valence-electron chi connectivity index (χ2n) is 12.3. The van der Waals surface area contributed by atoms with Crippen LogP contribution < -0.4 is 15.1 Å². The number of benzene rings is 4. The van der Waals surface area contributed by atoms with Crippen LogP contribution in [0.4, 0.5) is 11.4 Å². The number of fused-ring (bicyclic) bond motifs is 5. The molecule has 4 amide bonds. The molecule has 0 unspecified atom stereocenters. The minimum atomic E-state index is -1.47. The molecule has 0 bridgehead atoms. The lowest BCUT2D eigenvalue weighted by molar-refractivity contribution is -0.143. The fourth-order valence-corrected chi connectivity index (χ4v) is 7.95. The number of likely N-dealkylation sites (tertiary alicyclic amines) is 1. The van der Waals surface area contributed by atoms with Crippen molar-refractivity contribution < 1.29 is 19.2 Å². The number of anilines is 2. The van der Waals surface area contributed by atoms with Crippen LogP contribution in [0.1, 0.15) is 22.3 Å². The number of carbonyl (C=O) groups excluding carboxylic acids is 4. The van der Waals surface area contributed by atoms with Gasteiger partial charge in [-0.15, -0.1) is 0 Å². The Morgan fingerprint density at radius 2 is 1.38 bits per heavy atom. The first-order valence-electron chi connectivity index (χ1n) is 15.5. The highest BCUT2D eigenvalue weighted by Gasteiger charge is 2.71. The summed E-state index contributed by atoms with van der Waals surface area (Å²) in [5.74, 6) is -2.86. The van der Waals surface area contributed by atoms with E-state index in [0.29, 0.717) is 24.2 Å². The first-order valence-corrected chi connectivity index (χ1v) is 15.5. The van der Waals surface area contributed by atoms with E-state index in [1.165, 1.54) is 9.80 Å². The molecule has 0 saturated carbocycles. The number of hydrogen-bond donors (Lipinski definition) is 1. The van der Waals surface area contributed by atoms with E-state index in [9.17, 15) is 19.2 Å². The molecule has 0 aromatic heterocycles. The van der Waals surface area contributed by atoms with E-state index in [-0.39, 0.29) is 36.7 Å². The summed E-state index contributed by atoms with van der Waals surface area (Å²) in [6, 6.07) is 34.0. The number of hydrogen-bond acceptors (Lipinski definition) is 5. The molecule has 8 heteroatoms. The lowest BCUT2D eigenvalue weighted by atomic mass is 9.76. The van der Waals surface area contributed by atoms with Crippen LogP contribution >= 0.6 is 0 Å². The van der Waals surface area contributed by atoms with Crippen molar-refractivity contribution in [3.63, 3.8) is 0 Å². The molecule has 8 nitrogen and oxygen atoms in total. The van der Waals surface area contributed by atoms with Gasteiger partial charge in [0.1, 0.15) is 12.1 Å². The maximum atomic E-state index is 14.9. The highest BCUT2D eigenvalue weighted by atomic mass is 16.2. The van der Waals surface area contributed by atoms with E-state index in [4.69, 9.17) is 0 Å². The third-order valence-electron chi connectivity index (χ3n) is 9.92. The van der Waals surface area contributed by atoms with Gasteiger partial charge >= 0.3 is 0 Å². The summed E-state index contributed by atoms with van der Waals surface area (Å²) in [6.45, 7) is 0.535. The van der Waals surface area contributed by atoms with Crippen LogP contribution in [0.25, 0.3) is 0 Å². The molecule has 0 radical (unpaired) electrons. The number of nitrogens with one attached hydrogen (secondary N) is 1. The number of imide groups is 1. The van der Waals surface area contributed by atoms with E-state index in [0.717, 1.165) is 28.8 Å². The van der Waals surface area contributed by atoms with Crippen LogP contribution in [-0.2, 0) is 44.1 Å². The van der Waals surface area contributed by atoms with Gasteiger partial charge in [-0.25, -0.2) is 0 Å². The number of carbonyl (C=O) groups is 4. The Balaban J connectivity index is 1.19. The molecule has 4 aliphatic rings. The monoisotopic (exact) mass is 596 g/mol. The van der Waals surface area contributed by atoms with Crippen molar-refractivity contribution in [2.24, 2.45) is 11.8 Å². The van der Waals surface area contributed by atoms with Crippen LogP contribution in [0, 0.1) is 11.8 Å². The standard InChI is InChI=1S/C37H32N4O4/c42-31(39-20-19-26-15-7-9-17-29(26)39)23-40-30-18-10-8-16-27(30)37(36(40)45)33-32(28(38-37)21-24-11-3-1-4-12-24)34(43)41(35(33)44)22-25-13-5-2-6-14-25/h1-18,28,32-33,38H,19-23H2/t28-,32+,33+,37+/m0/s1. The molecule has 2 fully saturated rings. The van der Waals surface area contributed by atoms with Crippen LogP contribution in [0.3, 0.4) is 0 Å². The largest absolute Gasteiger partial charge is 0.310 e. The summed E-state index contributed by atoms with van der Waals surface area (Å²) < 4.78 is 0. The summed E-state index contributed by atoms with van der Waals surface area (Å²) in [5, 5.41) is 3.57. The van der Waals surface area contributed by atoms with Crippen LogP contribution in [0.5, 0.6) is 0 Å². The van der Waals surface area contributed by atoms with E-state index < -0.39 is 23.4 Å². The maximum Gasteiger partial charge on any atom is 0.253 e. The second kappa shape index (κ2) is 10.5. The molecule has 1 spiro atoms. The van der Waals surface area contributed by atoms with Crippen LogP contribution in [0.15, 0.2) is 109 Å². The molecule has 4 aromatic carbocycles. The summed E-state index contributed by atoms with van der Waals surface area (Å²) in [6.07, 6.45) is 1.23. The average Bonchev–Trinajstić information content (AvgIpc) is 3.78. The summed E-state index contributed by atoms with van der Waals surface area (Å²) in [7, 11) is 0. The Kier molecular flexibility index (Phi) is 6.42. The third kappa shape index (κ3) is 4.16. The lowest BCUT2D eigenvalue weighted by Crippen LogP contribution is -2.56. The van der Waals surface area contributed by atoms with Crippen LogP contribution in [-0.4, -0.2) is 47.7 Å². The predicted octanol–water partition coefficient (Wildman–Crippen LogP) is 3.83. The third-order valence-corrected chi connectivity index (χ3v) is 9.92. The molecule has 2 saturated heterocycles. The van der Waals surface area contributed by atoms with E-state index in [1.807, 2.05) is 109 Å². The van der Waals surface area contributed by atoms with Crippen molar-refractivity contribution >= 4 is 35.0 Å². The SMILES string of the molecule is O=C1[C@@H]2[C@H](Cc3ccccc3)N[C@@]3(C(=O)N(CC(=O)N4CCc5ccccc54)c4ccccc43)[C@H]2C(=O)N1Cc1ccccc1. The lowest BCUT2D eigenvalue weighted by Gasteiger charge is -2.31. The molecule has 45 heavy (non-hydrogen) atoms. The van der Waals surface area contributed by atoms with Gasteiger partial charge in [0.25, 0.3) is 5.91 Å². The topological polar surface area (TPSA) is 90.0 Å². The molecule has 224 valence electrons. The van der Waals surface area contributed by atoms with Gasteiger partial charge in [0.15, 0.2) is 0 Å². The maximum absolute atomic E-state index is 14.9. The fraction of sp³-hybridized carbons (Fsp3) is 0.243. The van der Waals surface area contributed by atoms with Gasteiger partial charge in [-0.3, -0.25) is 29.4 Å². The average molecular weight is 597 g/mol. The molecular formula is C37H32N4O4. The normalized spacial score (nSPS) is 24.8. The van der Waals surface area contributed by atoms with Crippen molar-refractivity contribution in [1.29, 1.82) is 0 Å². The number of para-hydroxylation sites is 2. The Labute approximate surface area is 261 Å². The zero-order valence-corrected chi connectivity index (χ0v) is 24.6. The summed E-state index contributed by atoms with van der Waals surface area (Å²) in [5.41, 5.74) is 3.58. The molecule has 4 heterocycles. The fourth-order valence-electron chi connectivity index (χ4n) is 7.95. The van der Waals surface area contributed by atoms with Gasteiger partial charge in [0.05, 0.1) is 18.4 Å². The van der Waals surface area contributed by atoms with Gasteiger partial charge < -0.3 is 9.80 Å². The van der Waals surface area contributed by atoms with Crippen molar-refractivity contribution in [2.75, 3.05) is 22.9 Å². The number of amides is 4. The molecular weight excluding hydrogens is 564 g/mol. The van der Waals surface area contributed by atoms with Gasteiger partial charge in [-0.2, -0.15) is 0 Å². The van der Waals surface area contributed by atoms with Gasteiger partial charge in [-0.05, 0) is 41.7 Å². The zero-order valence-electron chi connectivity index (χ0n) is 24.6. The van der Waals surface area contributed by atoms with Crippen LogP contribution in [0.2, 0.25) is 0 Å². The smallest absolute Gasteiger partial charge is 0.253 e. The quantitative estimate of drug-likeness (QED) is 0.342. The van der Waals surface area contributed by atoms with E-state index in [2.05, 4.69) is 5.32 Å². The number of rotatable bonds is 6. The molecule has 0 aliphatic carbocycles. The number of nitrogens with zero attached hydrogens (tertiary/aromatic N) is 3. The predicted molar refractivity (Wildman–Crippen MR) is 169 cm³/mol.